The zero-order valence-electron chi connectivity index (χ0n) is 13.5. The van der Waals surface area contributed by atoms with Gasteiger partial charge in [0.25, 0.3) is 0 Å². The molecule has 1 unspecified atom stereocenters. The molecule has 0 aliphatic carbocycles. The highest BCUT2D eigenvalue weighted by molar-refractivity contribution is 5.42. The topological polar surface area (TPSA) is 35.2 Å². The van der Waals surface area contributed by atoms with Gasteiger partial charge in [0.1, 0.15) is 11.6 Å². The number of hydrogen-bond acceptors (Lipinski definition) is 2. The van der Waals surface area contributed by atoms with Gasteiger partial charge in [0.15, 0.2) is 0 Å². The van der Waals surface area contributed by atoms with E-state index in [9.17, 15) is 4.39 Å². The van der Waals surface area contributed by atoms with Crippen molar-refractivity contribution in [2.24, 2.45) is 5.73 Å². The zero-order valence-corrected chi connectivity index (χ0v) is 13.5. The Morgan fingerprint density at radius 1 is 1.05 bits per heavy atom. The normalized spacial score (nSPS) is 12.2. The fourth-order valence-corrected chi connectivity index (χ4v) is 2.85. The Bertz CT molecular complexity index is 599. The average Bonchev–Trinajstić information content (AvgIpc) is 2.47. The predicted molar refractivity (Wildman–Crippen MR) is 89.0 cm³/mol. The van der Waals surface area contributed by atoms with Crippen LogP contribution in [0.1, 0.15) is 34.6 Å². The first-order valence-electron chi connectivity index (χ1n) is 7.67. The molecular formula is C19H24FNO. The lowest BCUT2D eigenvalue weighted by molar-refractivity contribution is 0.294. The molecule has 0 saturated heterocycles. The number of aryl methyl sites for hydroxylation is 3. The van der Waals surface area contributed by atoms with E-state index >= 15 is 0 Å². The molecule has 3 heteroatoms. The maximum atomic E-state index is 13.0. The van der Waals surface area contributed by atoms with Crippen LogP contribution in [0.15, 0.2) is 36.4 Å². The summed E-state index contributed by atoms with van der Waals surface area (Å²) >= 11 is 0. The highest BCUT2D eigenvalue weighted by atomic mass is 19.1. The number of benzene rings is 2. The molecule has 2 N–H and O–H groups in total. The van der Waals surface area contributed by atoms with Crippen LogP contribution in [0.25, 0.3) is 0 Å². The molecule has 2 aromatic rings. The third-order valence-corrected chi connectivity index (χ3v) is 3.94. The van der Waals surface area contributed by atoms with E-state index in [4.69, 9.17) is 10.5 Å². The first kappa shape index (κ1) is 16.5. The highest BCUT2D eigenvalue weighted by Crippen LogP contribution is 2.26. The molecule has 22 heavy (non-hydrogen) atoms. The van der Waals surface area contributed by atoms with Gasteiger partial charge in [-0.05, 0) is 68.5 Å². The fourth-order valence-electron chi connectivity index (χ4n) is 2.85. The van der Waals surface area contributed by atoms with Gasteiger partial charge in [0.05, 0.1) is 6.61 Å². The van der Waals surface area contributed by atoms with Crippen LogP contribution in [0.4, 0.5) is 4.39 Å². The van der Waals surface area contributed by atoms with Gasteiger partial charge < -0.3 is 10.5 Å². The van der Waals surface area contributed by atoms with Gasteiger partial charge in [-0.2, -0.15) is 0 Å². The molecule has 1 atom stereocenters. The first-order chi connectivity index (χ1) is 10.5. The molecule has 2 aromatic carbocycles. The van der Waals surface area contributed by atoms with Crippen molar-refractivity contribution in [1.82, 2.24) is 0 Å². The van der Waals surface area contributed by atoms with Crippen LogP contribution < -0.4 is 10.5 Å². The molecule has 2 rings (SSSR count). The Morgan fingerprint density at radius 2 is 1.64 bits per heavy atom. The summed E-state index contributed by atoms with van der Waals surface area (Å²) in [6.45, 7) is 7.35. The van der Waals surface area contributed by atoms with Crippen molar-refractivity contribution in [3.63, 3.8) is 0 Å². The summed E-state index contributed by atoms with van der Waals surface area (Å²) in [7, 11) is 0. The fraction of sp³-hybridized carbons (Fsp3) is 0.368. The second-order valence-electron chi connectivity index (χ2n) is 5.85. The average molecular weight is 301 g/mol. The van der Waals surface area contributed by atoms with E-state index in [2.05, 4.69) is 32.9 Å². The summed E-state index contributed by atoms with van der Waals surface area (Å²) in [6, 6.07) is 10.8. The number of halogens is 1. The standard InChI is InChI=1S/C19H24FNO/c1-13-10-14(2)19(15(3)11-13)22-9-8-17(12-21)16-4-6-18(20)7-5-16/h4-7,10-11,17H,8-9,12,21H2,1-3H3. The number of ether oxygens (including phenoxy) is 1. The van der Waals surface area contributed by atoms with Crippen LogP contribution in [0, 0.1) is 26.6 Å². The van der Waals surface area contributed by atoms with Crippen molar-refractivity contribution in [3.8, 4) is 5.75 Å². The molecule has 0 saturated carbocycles. The lowest BCUT2D eigenvalue weighted by Gasteiger charge is -2.18. The molecule has 118 valence electrons. The summed E-state index contributed by atoms with van der Waals surface area (Å²) < 4.78 is 19.0. The van der Waals surface area contributed by atoms with E-state index in [1.165, 1.54) is 17.7 Å². The van der Waals surface area contributed by atoms with E-state index in [1.54, 1.807) is 12.1 Å². The molecule has 0 heterocycles. The van der Waals surface area contributed by atoms with Gasteiger partial charge in [-0.15, -0.1) is 0 Å². The molecule has 0 spiro atoms. The minimum absolute atomic E-state index is 0.187. The summed E-state index contributed by atoms with van der Waals surface area (Å²) in [5.74, 6) is 0.925. The van der Waals surface area contributed by atoms with E-state index < -0.39 is 0 Å². The Hall–Kier alpha value is -1.87. The van der Waals surface area contributed by atoms with E-state index in [0.717, 1.165) is 28.9 Å². The molecule has 0 aliphatic heterocycles. The maximum Gasteiger partial charge on any atom is 0.125 e. The van der Waals surface area contributed by atoms with Crippen LogP contribution in [0.2, 0.25) is 0 Å². The summed E-state index contributed by atoms with van der Waals surface area (Å²) in [5.41, 5.74) is 10.5. The summed E-state index contributed by atoms with van der Waals surface area (Å²) in [5, 5.41) is 0. The third kappa shape index (κ3) is 4.08. The largest absolute Gasteiger partial charge is 0.493 e. The zero-order chi connectivity index (χ0) is 16.1. The lowest BCUT2D eigenvalue weighted by atomic mass is 9.96. The van der Waals surface area contributed by atoms with Crippen molar-refractivity contribution in [1.29, 1.82) is 0 Å². The van der Waals surface area contributed by atoms with Crippen LogP contribution in [-0.4, -0.2) is 13.2 Å². The Kier molecular flexibility index (Phi) is 5.56. The van der Waals surface area contributed by atoms with E-state index in [1.807, 2.05) is 0 Å². The quantitative estimate of drug-likeness (QED) is 0.865. The van der Waals surface area contributed by atoms with Crippen LogP contribution in [0.5, 0.6) is 5.75 Å². The monoisotopic (exact) mass is 301 g/mol. The summed E-state index contributed by atoms with van der Waals surface area (Å²) in [6.07, 6.45) is 0.814. The molecule has 0 amide bonds. The van der Waals surface area contributed by atoms with Gasteiger partial charge in [0.2, 0.25) is 0 Å². The smallest absolute Gasteiger partial charge is 0.125 e. The van der Waals surface area contributed by atoms with Crippen LogP contribution >= 0.6 is 0 Å². The van der Waals surface area contributed by atoms with Gasteiger partial charge in [-0.3, -0.25) is 0 Å². The second kappa shape index (κ2) is 7.41. The maximum absolute atomic E-state index is 13.0. The summed E-state index contributed by atoms with van der Waals surface area (Å²) in [4.78, 5) is 0. The van der Waals surface area contributed by atoms with Crippen molar-refractivity contribution < 1.29 is 9.13 Å². The number of hydrogen-bond donors (Lipinski definition) is 1. The molecular weight excluding hydrogens is 277 g/mol. The van der Waals surface area contributed by atoms with Crippen molar-refractivity contribution in [2.75, 3.05) is 13.2 Å². The molecule has 0 aromatic heterocycles. The lowest BCUT2D eigenvalue weighted by Crippen LogP contribution is -2.16. The number of nitrogens with two attached hydrogens (primary N) is 1. The minimum atomic E-state index is -0.221. The van der Waals surface area contributed by atoms with Crippen molar-refractivity contribution in [3.05, 3.63) is 64.5 Å². The molecule has 0 aliphatic rings. The second-order valence-corrected chi connectivity index (χ2v) is 5.85. The molecule has 0 radical (unpaired) electrons. The van der Waals surface area contributed by atoms with Crippen molar-refractivity contribution in [2.45, 2.75) is 33.1 Å². The number of rotatable bonds is 6. The first-order valence-corrected chi connectivity index (χ1v) is 7.67. The highest BCUT2D eigenvalue weighted by Gasteiger charge is 2.11. The van der Waals surface area contributed by atoms with E-state index in [0.29, 0.717) is 13.2 Å². The predicted octanol–water partition coefficient (Wildman–Crippen LogP) is 4.26. The van der Waals surface area contributed by atoms with Crippen LogP contribution in [0.3, 0.4) is 0 Å². The SMILES string of the molecule is Cc1cc(C)c(OCCC(CN)c2ccc(F)cc2)c(C)c1. The van der Waals surface area contributed by atoms with Gasteiger partial charge in [-0.25, -0.2) is 4.39 Å². The Morgan fingerprint density at radius 3 is 2.18 bits per heavy atom. The van der Waals surface area contributed by atoms with Crippen LogP contribution in [-0.2, 0) is 0 Å². The Balaban J connectivity index is 1.99. The van der Waals surface area contributed by atoms with Crippen molar-refractivity contribution >= 4 is 0 Å². The van der Waals surface area contributed by atoms with Gasteiger partial charge in [-0.1, -0.05) is 29.8 Å². The van der Waals surface area contributed by atoms with Gasteiger partial charge >= 0.3 is 0 Å². The molecule has 2 nitrogen and oxygen atoms in total. The van der Waals surface area contributed by atoms with E-state index in [-0.39, 0.29) is 11.7 Å². The minimum Gasteiger partial charge on any atom is -0.493 e. The third-order valence-electron chi connectivity index (χ3n) is 3.94. The molecule has 0 fully saturated rings. The molecule has 0 bridgehead atoms. The van der Waals surface area contributed by atoms with Gasteiger partial charge in [0, 0.05) is 0 Å². The Labute approximate surface area is 132 Å².